The molecule has 0 spiro atoms. The van der Waals surface area contributed by atoms with Crippen LogP contribution in [0.1, 0.15) is 10.5 Å². The summed E-state index contributed by atoms with van der Waals surface area (Å²) in [5.74, 6) is -0.883. The lowest BCUT2D eigenvalue weighted by Crippen LogP contribution is -2.12. The number of carbonyl (C=O) groups is 1. The first-order valence-corrected chi connectivity index (χ1v) is 6.73. The number of nitrogens with one attached hydrogen (secondary N) is 2. The monoisotopic (exact) mass is 316 g/mol. The van der Waals surface area contributed by atoms with Gasteiger partial charge >= 0.3 is 0 Å². The van der Waals surface area contributed by atoms with E-state index in [2.05, 4.69) is 20.5 Å². The number of amides is 1. The number of nitrogens with zero attached hydrogens (tertiary/aromatic N) is 2. The van der Waals surface area contributed by atoms with Gasteiger partial charge in [0.25, 0.3) is 5.91 Å². The fourth-order valence-electron chi connectivity index (χ4n) is 1.89. The third-order valence-electron chi connectivity index (χ3n) is 2.98. The first-order valence-electron chi connectivity index (χ1n) is 6.36. The van der Waals surface area contributed by atoms with Gasteiger partial charge in [0.1, 0.15) is 11.5 Å². The van der Waals surface area contributed by atoms with Crippen molar-refractivity contribution in [3.05, 3.63) is 65.3 Å². The highest BCUT2D eigenvalue weighted by Gasteiger charge is 2.13. The second-order valence-corrected chi connectivity index (χ2v) is 4.89. The van der Waals surface area contributed by atoms with Gasteiger partial charge in [-0.3, -0.25) is 14.9 Å². The molecule has 0 radical (unpaired) electrons. The molecular weight excluding hydrogens is 307 g/mol. The predicted molar refractivity (Wildman–Crippen MR) is 81.2 cm³/mol. The van der Waals surface area contributed by atoms with Crippen molar-refractivity contribution in [3.8, 4) is 11.3 Å². The maximum atomic E-state index is 13.0. The third kappa shape index (κ3) is 2.96. The molecule has 2 aromatic heterocycles. The molecule has 0 aliphatic rings. The lowest BCUT2D eigenvalue weighted by Gasteiger charge is -2.05. The molecule has 7 heteroatoms. The predicted octanol–water partition coefficient (Wildman–Crippen LogP) is 3.52. The van der Waals surface area contributed by atoms with Gasteiger partial charge in [0.05, 0.1) is 16.4 Å². The molecule has 0 fully saturated rings. The average Bonchev–Trinajstić information content (AvgIpc) is 3.01. The number of pyridine rings is 1. The number of rotatable bonds is 3. The summed E-state index contributed by atoms with van der Waals surface area (Å²) >= 11 is 5.87. The fraction of sp³-hybridized carbons (Fsp3) is 0. The Balaban J connectivity index is 1.80. The van der Waals surface area contributed by atoms with Gasteiger partial charge < -0.3 is 5.32 Å². The van der Waals surface area contributed by atoms with Crippen molar-refractivity contribution < 1.29 is 9.18 Å². The molecule has 5 nitrogen and oxygen atoms in total. The van der Waals surface area contributed by atoms with E-state index in [0.29, 0.717) is 11.4 Å². The van der Waals surface area contributed by atoms with Gasteiger partial charge in [0.15, 0.2) is 0 Å². The summed E-state index contributed by atoms with van der Waals surface area (Å²) < 4.78 is 13.0. The highest BCUT2D eigenvalue weighted by Crippen LogP contribution is 2.23. The van der Waals surface area contributed by atoms with Crippen LogP contribution in [0.2, 0.25) is 5.02 Å². The van der Waals surface area contributed by atoms with Crippen molar-refractivity contribution in [2.75, 3.05) is 5.32 Å². The highest BCUT2D eigenvalue weighted by molar-refractivity contribution is 6.33. The van der Waals surface area contributed by atoms with Crippen LogP contribution < -0.4 is 5.32 Å². The molecule has 0 atom stereocenters. The Hall–Kier alpha value is -2.73. The molecule has 0 unspecified atom stereocenters. The Kier molecular flexibility index (Phi) is 3.84. The van der Waals surface area contributed by atoms with Crippen LogP contribution >= 0.6 is 11.6 Å². The van der Waals surface area contributed by atoms with E-state index in [-0.39, 0.29) is 10.7 Å². The zero-order valence-corrected chi connectivity index (χ0v) is 11.9. The van der Waals surface area contributed by atoms with E-state index in [1.165, 1.54) is 12.1 Å². The molecule has 3 aromatic rings. The maximum Gasteiger partial charge on any atom is 0.273 e. The lowest BCUT2D eigenvalue weighted by molar-refractivity contribution is 0.102. The quantitative estimate of drug-likeness (QED) is 0.776. The molecule has 2 heterocycles. The highest BCUT2D eigenvalue weighted by atomic mass is 35.5. The summed E-state index contributed by atoms with van der Waals surface area (Å²) in [5, 5.41) is 9.46. The minimum absolute atomic E-state index is 0.127. The van der Waals surface area contributed by atoms with Crippen molar-refractivity contribution in [1.82, 2.24) is 15.2 Å². The van der Waals surface area contributed by atoms with E-state index < -0.39 is 11.7 Å². The Labute approximate surface area is 130 Å². The summed E-state index contributed by atoms with van der Waals surface area (Å²) in [4.78, 5) is 16.1. The second-order valence-electron chi connectivity index (χ2n) is 4.48. The van der Waals surface area contributed by atoms with E-state index in [1.54, 1.807) is 30.6 Å². The zero-order valence-electron chi connectivity index (χ0n) is 11.2. The minimum Gasteiger partial charge on any atom is -0.319 e. The van der Waals surface area contributed by atoms with Crippen molar-refractivity contribution in [2.45, 2.75) is 0 Å². The molecule has 0 aliphatic heterocycles. The van der Waals surface area contributed by atoms with Crippen LogP contribution in [0.25, 0.3) is 11.3 Å². The molecule has 1 amide bonds. The van der Waals surface area contributed by atoms with Crippen LogP contribution in [-0.2, 0) is 0 Å². The molecule has 22 heavy (non-hydrogen) atoms. The molecular formula is C15H10ClFN4O. The van der Waals surface area contributed by atoms with Crippen LogP contribution in [0.3, 0.4) is 0 Å². The van der Waals surface area contributed by atoms with E-state index in [9.17, 15) is 9.18 Å². The normalized spacial score (nSPS) is 10.5. The first-order chi connectivity index (χ1) is 10.6. The minimum atomic E-state index is -0.468. The topological polar surface area (TPSA) is 70.7 Å². The SMILES string of the molecule is O=C(Nc1ccc(F)cc1Cl)c1cc(-c2ccncc2)n[nH]1. The van der Waals surface area contributed by atoms with Crippen LogP contribution in [0.4, 0.5) is 10.1 Å². The molecule has 0 aliphatic carbocycles. The summed E-state index contributed by atoms with van der Waals surface area (Å²) in [7, 11) is 0. The molecule has 0 bridgehead atoms. The third-order valence-corrected chi connectivity index (χ3v) is 3.29. The van der Waals surface area contributed by atoms with Gasteiger partial charge in [0.2, 0.25) is 0 Å². The Morgan fingerprint density at radius 3 is 2.68 bits per heavy atom. The average molecular weight is 317 g/mol. The Morgan fingerprint density at radius 1 is 1.18 bits per heavy atom. The number of halogens is 2. The molecule has 110 valence electrons. The number of aromatic nitrogens is 3. The van der Waals surface area contributed by atoms with E-state index in [0.717, 1.165) is 11.6 Å². The van der Waals surface area contributed by atoms with Crippen LogP contribution in [0, 0.1) is 5.82 Å². The summed E-state index contributed by atoms with van der Waals surface area (Å²) in [5.41, 5.74) is 2.06. The maximum absolute atomic E-state index is 13.0. The summed E-state index contributed by atoms with van der Waals surface area (Å²) in [6, 6.07) is 8.94. The van der Waals surface area contributed by atoms with Crippen molar-refractivity contribution >= 4 is 23.2 Å². The molecule has 2 N–H and O–H groups in total. The number of benzene rings is 1. The van der Waals surface area contributed by atoms with Crippen molar-refractivity contribution in [2.24, 2.45) is 0 Å². The zero-order chi connectivity index (χ0) is 15.5. The lowest BCUT2D eigenvalue weighted by atomic mass is 10.2. The number of carbonyl (C=O) groups excluding carboxylic acids is 1. The number of aromatic amines is 1. The van der Waals surface area contributed by atoms with E-state index >= 15 is 0 Å². The van der Waals surface area contributed by atoms with Crippen LogP contribution in [-0.4, -0.2) is 21.1 Å². The van der Waals surface area contributed by atoms with Gasteiger partial charge in [-0.25, -0.2) is 4.39 Å². The van der Waals surface area contributed by atoms with Crippen LogP contribution in [0.5, 0.6) is 0 Å². The fourth-order valence-corrected chi connectivity index (χ4v) is 2.10. The van der Waals surface area contributed by atoms with Gasteiger partial charge in [-0.05, 0) is 36.4 Å². The summed E-state index contributed by atoms with van der Waals surface area (Å²) in [6.45, 7) is 0. The second kappa shape index (κ2) is 5.95. The van der Waals surface area contributed by atoms with E-state index in [1.807, 2.05) is 0 Å². The Morgan fingerprint density at radius 2 is 1.95 bits per heavy atom. The van der Waals surface area contributed by atoms with Crippen molar-refractivity contribution in [3.63, 3.8) is 0 Å². The molecule has 0 saturated heterocycles. The van der Waals surface area contributed by atoms with Crippen LogP contribution in [0.15, 0.2) is 48.8 Å². The summed E-state index contributed by atoms with van der Waals surface area (Å²) in [6.07, 6.45) is 3.28. The van der Waals surface area contributed by atoms with Gasteiger partial charge in [-0.15, -0.1) is 0 Å². The van der Waals surface area contributed by atoms with Crippen molar-refractivity contribution in [1.29, 1.82) is 0 Å². The smallest absolute Gasteiger partial charge is 0.273 e. The van der Waals surface area contributed by atoms with Gasteiger partial charge in [0, 0.05) is 18.0 Å². The number of H-pyrrole nitrogens is 1. The number of anilines is 1. The molecule has 1 aromatic carbocycles. The number of hydrogen-bond donors (Lipinski definition) is 2. The van der Waals surface area contributed by atoms with Gasteiger partial charge in [-0.1, -0.05) is 11.6 Å². The Bertz CT molecular complexity index is 819. The molecule has 0 saturated carbocycles. The van der Waals surface area contributed by atoms with Gasteiger partial charge in [-0.2, -0.15) is 5.10 Å². The number of hydrogen-bond acceptors (Lipinski definition) is 3. The molecule has 3 rings (SSSR count). The standard InChI is InChI=1S/C15H10ClFN4O/c16-11-7-10(17)1-2-12(11)19-15(22)14-8-13(20-21-14)9-3-5-18-6-4-9/h1-8H,(H,19,22)(H,20,21). The van der Waals surface area contributed by atoms with E-state index in [4.69, 9.17) is 11.6 Å². The first kappa shape index (κ1) is 14.2. The largest absolute Gasteiger partial charge is 0.319 e.